The predicted molar refractivity (Wildman–Crippen MR) is 52.1 cm³/mol. The lowest BCUT2D eigenvalue weighted by Gasteiger charge is -2.35. The first-order valence-electron chi connectivity index (χ1n) is 4.30. The molecule has 0 saturated carbocycles. The lowest BCUT2D eigenvalue weighted by Crippen LogP contribution is -2.59. The molecule has 9 heteroatoms. The molecule has 3 N–H and O–H groups in total. The van der Waals surface area contributed by atoms with Crippen LogP contribution in [0.25, 0.3) is 0 Å². The van der Waals surface area contributed by atoms with E-state index in [1.165, 1.54) is 0 Å². The summed E-state index contributed by atoms with van der Waals surface area (Å²) < 4.78 is 33.9. The fraction of sp³-hybridized carbons (Fsp3) is 0.857. The molecule has 0 aromatic carbocycles. The summed E-state index contributed by atoms with van der Waals surface area (Å²) in [5.74, 6) is -1.57. The Hall–Kier alpha value is -0.740. The lowest BCUT2D eigenvalue weighted by atomic mass is 10.1. The normalized spacial score (nSPS) is 16.8. The standard InChI is InChI=1S/C7H16N2O6S/c1-9(2,3)5-7(8,4-6(10)11)15-16(12,13)14/h4-5,8H2,1-3H3,(H-,10,11,12,13,14). The van der Waals surface area contributed by atoms with Gasteiger partial charge in [-0.25, -0.2) is 4.18 Å². The second-order valence-electron chi connectivity index (χ2n) is 4.57. The van der Waals surface area contributed by atoms with Crippen LogP contribution in [0.3, 0.4) is 0 Å². The summed E-state index contributed by atoms with van der Waals surface area (Å²) in [7, 11) is 0.145. The number of hydrogen-bond donors (Lipinski definition) is 2. The number of nitrogens with zero attached hydrogens (tertiary/aromatic N) is 1. The molecule has 1 atom stereocenters. The van der Waals surface area contributed by atoms with Crippen molar-refractivity contribution in [3.63, 3.8) is 0 Å². The van der Waals surface area contributed by atoms with Crippen molar-refractivity contribution in [2.45, 2.75) is 12.1 Å². The van der Waals surface area contributed by atoms with E-state index in [4.69, 9.17) is 10.3 Å². The zero-order chi connectivity index (χ0) is 13.2. The van der Waals surface area contributed by atoms with Crippen molar-refractivity contribution in [3.8, 4) is 0 Å². The summed E-state index contributed by atoms with van der Waals surface area (Å²) in [6, 6.07) is 0. The van der Waals surface area contributed by atoms with E-state index in [0.29, 0.717) is 0 Å². The number of carbonyl (C=O) groups is 1. The molecule has 0 aliphatic carbocycles. The lowest BCUT2D eigenvalue weighted by molar-refractivity contribution is -0.876. The van der Waals surface area contributed by atoms with Crippen LogP contribution in [0, 0.1) is 0 Å². The number of quaternary nitrogens is 1. The number of likely N-dealkylation sites (N-methyl/N-ethyl adjacent to an activating group) is 1. The molecule has 0 aliphatic rings. The van der Waals surface area contributed by atoms with E-state index in [-0.39, 0.29) is 11.0 Å². The summed E-state index contributed by atoms with van der Waals surface area (Å²) in [5, 5.41) is 10.4. The first-order chi connectivity index (χ1) is 6.83. The van der Waals surface area contributed by atoms with Gasteiger partial charge >= 0.3 is 10.4 Å². The highest BCUT2D eigenvalue weighted by atomic mass is 32.3. The third kappa shape index (κ3) is 7.54. The molecular weight excluding hydrogens is 240 g/mol. The maximum atomic E-state index is 10.5. The number of rotatable bonds is 6. The number of carboxylic acids is 1. The van der Waals surface area contributed by atoms with Gasteiger partial charge in [0.2, 0.25) is 0 Å². The van der Waals surface area contributed by atoms with Crippen LogP contribution < -0.4 is 10.8 Å². The van der Waals surface area contributed by atoms with Crippen LogP contribution in [0.1, 0.15) is 6.42 Å². The Morgan fingerprint density at radius 1 is 1.50 bits per heavy atom. The van der Waals surface area contributed by atoms with Crippen LogP contribution in [0.15, 0.2) is 0 Å². The van der Waals surface area contributed by atoms with E-state index in [9.17, 15) is 18.3 Å². The minimum absolute atomic E-state index is 0.138. The van der Waals surface area contributed by atoms with E-state index >= 15 is 0 Å². The molecule has 0 saturated heterocycles. The second-order valence-corrected chi connectivity index (χ2v) is 5.60. The predicted octanol–water partition coefficient (Wildman–Crippen LogP) is -2.69. The Morgan fingerprint density at radius 3 is 2.19 bits per heavy atom. The van der Waals surface area contributed by atoms with Gasteiger partial charge < -0.3 is 14.4 Å². The van der Waals surface area contributed by atoms with Gasteiger partial charge in [-0.2, -0.15) is 8.42 Å². The van der Waals surface area contributed by atoms with Crippen LogP contribution in [-0.2, 0) is 19.4 Å². The number of nitrogens with two attached hydrogens (primary N) is 1. The molecule has 0 aliphatic heterocycles. The van der Waals surface area contributed by atoms with Gasteiger partial charge in [0.15, 0.2) is 5.72 Å². The van der Waals surface area contributed by atoms with Gasteiger partial charge in [-0.15, -0.1) is 0 Å². The molecule has 8 nitrogen and oxygen atoms in total. The highest BCUT2D eigenvalue weighted by Crippen LogP contribution is 2.15. The van der Waals surface area contributed by atoms with Crippen molar-refractivity contribution < 1.29 is 31.5 Å². The summed E-state index contributed by atoms with van der Waals surface area (Å²) in [6.07, 6.45) is -0.845. The van der Waals surface area contributed by atoms with Gasteiger partial charge in [0.25, 0.3) is 0 Å². The number of aliphatic carboxylic acids is 1. The van der Waals surface area contributed by atoms with E-state index < -0.39 is 28.5 Å². The average Bonchev–Trinajstić information content (AvgIpc) is 1.69. The van der Waals surface area contributed by atoms with E-state index in [1.807, 2.05) is 0 Å². The maximum Gasteiger partial charge on any atom is 0.399 e. The number of carboxylic acid groups (broad SMARTS) is 1. The van der Waals surface area contributed by atoms with Gasteiger partial charge in [0, 0.05) is 12.4 Å². The topological polar surface area (TPSA) is 130 Å². The SMILES string of the molecule is C[N+](C)(C)CC(N)(CC(=O)[O-])OS(=O)(=O)O. The van der Waals surface area contributed by atoms with E-state index in [2.05, 4.69) is 4.18 Å². The molecule has 0 bridgehead atoms. The Bertz CT molecular complexity index is 360. The quantitative estimate of drug-likeness (QED) is 0.300. The Balaban J connectivity index is 4.96. The minimum Gasteiger partial charge on any atom is -0.550 e. The number of hydrogen-bond acceptors (Lipinski definition) is 6. The van der Waals surface area contributed by atoms with Gasteiger partial charge in [0.1, 0.15) is 6.54 Å². The fourth-order valence-electron chi connectivity index (χ4n) is 1.37. The first kappa shape index (κ1) is 15.3. The van der Waals surface area contributed by atoms with E-state index in [0.717, 1.165) is 0 Å². The van der Waals surface area contributed by atoms with Gasteiger partial charge in [-0.1, -0.05) is 0 Å². The van der Waals surface area contributed by atoms with Crippen molar-refractivity contribution in [2.24, 2.45) is 5.73 Å². The van der Waals surface area contributed by atoms with Crippen molar-refractivity contribution in [1.29, 1.82) is 0 Å². The van der Waals surface area contributed by atoms with Crippen LogP contribution in [0.4, 0.5) is 0 Å². The molecule has 0 fully saturated rings. The third-order valence-corrected chi connectivity index (χ3v) is 2.00. The van der Waals surface area contributed by atoms with Crippen molar-refractivity contribution in [3.05, 3.63) is 0 Å². The largest absolute Gasteiger partial charge is 0.550 e. The molecule has 0 heterocycles. The molecule has 16 heavy (non-hydrogen) atoms. The summed E-state index contributed by atoms with van der Waals surface area (Å²) in [5.41, 5.74) is 3.44. The minimum atomic E-state index is -4.83. The first-order valence-corrected chi connectivity index (χ1v) is 5.67. The van der Waals surface area contributed by atoms with Crippen LogP contribution in [0.2, 0.25) is 0 Å². The van der Waals surface area contributed by atoms with Crippen molar-refractivity contribution in [1.82, 2.24) is 0 Å². The van der Waals surface area contributed by atoms with Gasteiger partial charge in [0.05, 0.1) is 21.1 Å². The maximum absolute atomic E-state index is 10.5. The molecule has 0 aromatic rings. The van der Waals surface area contributed by atoms with Gasteiger partial charge in [-0.05, 0) is 0 Å². The molecule has 0 radical (unpaired) electrons. The molecule has 1 unspecified atom stereocenters. The third-order valence-electron chi connectivity index (χ3n) is 1.46. The smallest absolute Gasteiger partial charge is 0.399 e. The van der Waals surface area contributed by atoms with Crippen LogP contribution >= 0.6 is 0 Å². The Morgan fingerprint density at radius 2 is 1.94 bits per heavy atom. The molecule has 96 valence electrons. The highest BCUT2D eigenvalue weighted by molar-refractivity contribution is 7.80. The molecule has 0 spiro atoms. The Labute approximate surface area is 94.1 Å². The highest BCUT2D eigenvalue weighted by Gasteiger charge is 2.37. The molecule has 0 aromatic heterocycles. The zero-order valence-electron chi connectivity index (χ0n) is 9.34. The zero-order valence-corrected chi connectivity index (χ0v) is 10.2. The van der Waals surface area contributed by atoms with Gasteiger partial charge in [-0.3, -0.25) is 10.3 Å². The van der Waals surface area contributed by atoms with Crippen molar-refractivity contribution >= 4 is 16.4 Å². The van der Waals surface area contributed by atoms with E-state index in [1.54, 1.807) is 21.1 Å². The average molecular weight is 256 g/mol. The fourth-order valence-corrected chi connectivity index (χ4v) is 1.90. The molecule has 0 rings (SSSR count). The monoisotopic (exact) mass is 256 g/mol. The van der Waals surface area contributed by atoms with Crippen molar-refractivity contribution in [2.75, 3.05) is 27.7 Å². The number of carbonyl (C=O) groups excluding carboxylic acids is 1. The molecular formula is C7H16N2O6S. The Kier molecular flexibility index (Phi) is 4.42. The second kappa shape index (κ2) is 4.63. The van der Waals surface area contributed by atoms with Crippen LogP contribution in [-0.4, -0.2) is 56.8 Å². The van der Waals surface area contributed by atoms with Crippen LogP contribution in [0.5, 0.6) is 0 Å². The molecule has 0 amide bonds. The summed E-state index contributed by atoms with van der Waals surface area (Å²) >= 11 is 0. The summed E-state index contributed by atoms with van der Waals surface area (Å²) in [6.45, 7) is -0.138. The summed E-state index contributed by atoms with van der Waals surface area (Å²) in [4.78, 5) is 10.4.